The van der Waals surface area contributed by atoms with Crippen molar-refractivity contribution < 1.29 is 0 Å². The van der Waals surface area contributed by atoms with Gasteiger partial charge in [0.05, 0.1) is 0 Å². The molecule has 4 aliphatic rings. The van der Waals surface area contributed by atoms with Gasteiger partial charge in [-0.1, -0.05) is 20.8 Å². The van der Waals surface area contributed by atoms with Crippen molar-refractivity contribution in [3.63, 3.8) is 0 Å². The van der Waals surface area contributed by atoms with E-state index in [0.717, 1.165) is 22.2 Å². The molecule has 4 fully saturated rings. The van der Waals surface area contributed by atoms with Crippen LogP contribution in [0.5, 0.6) is 0 Å². The average molecular weight is 164 g/mol. The van der Waals surface area contributed by atoms with E-state index in [2.05, 4.69) is 20.8 Å². The molecule has 2 unspecified atom stereocenters. The molecule has 0 heteroatoms. The molecule has 2 atom stereocenters. The van der Waals surface area contributed by atoms with Crippen LogP contribution < -0.4 is 0 Å². The molecule has 4 aliphatic carbocycles. The molecule has 0 saturated heterocycles. The summed E-state index contributed by atoms with van der Waals surface area (Å²) in [5.74, 6) is 1.08. The van der Waals surface area contributed by atoms with Gasteiger partial charge in [0.25, 0.3) is 0 Å². The van der Waals surface area contributed by atoms with Crippen LogP contribution in [0.25, 0.3) is 0 Å². The Bertz CT molecular complexity index is 214. The minimum atomic E-state index is 0.741. The summed E-state index contributed by atoms with van der Waals surface area (Å²) in [7, 11) is 0. The lowest BCUT2D eigenvalue weighted by atomic mass is 9.62. The summed E-state index contributed by atoms with van der Waals surface area (Å²) in [6, 6.07) is 0. The predicted octanol–water partition coefficient (Wildman–Crippen LogP) is 3.61. The molecule has 4 bridgehead atoms. The van der Waals surface area contributed by atoms with Gasteiger partial charge in [-0.05, 0) is 54.3 Å². The third-order valence-electron chi connectivity index (χ3n) is 4.98. The minimum absolute atomic E-state index is 0.741. The Morgan fingerprint density at radius 3 is 1.67 bits per heavy atom. The standard InChI is InChI=1S/C12H20/c1-10-4-9-5-11(2,6-10)8-12(9,3)7-10/h9H,4-8H2,1-3H3. The van der Waals surface area contributed by atoms with Crippen LogP contribution in [0.15, 0.2) is 0 Å². The average Bonchev–Trinajstić information content (AvgIpc) is 2.04. The molecular formula is C12H20. The Morgan fingerprint density at radius 1 is 0.833 bits per heavy atom. The topological polar surface area (TPSA) is 0 Å². The first-order valence-electron chi connectivity index (χ1n) is 5.43. The molecule has 0 aliphatic heterocycles. The van der Waals surface area contributed by atoms with E-state index in [1.54, 1.807) is 12.8 Å². The fraction of sp³-hybridized carbons (Fsp3) is 1.00. The minimum Gasteiger partial charge on any atom is -0.0596 e. The van der Waals surface area contributed by atoms with E-state index in [-0.39, 0.29) is 0 Å². The van der Waals surface area contributed by atoms with Crippen LogP contribution in [0.2, 0.25) is 0 Å². The maximum absolute atomic E-state index is 2.55. The zero-order valence-electron chi connectivity index (χ0n) is 8.61. The third kappa shape index (κ3) is 0.701. The maximum Gasteiger partial charge on any atom is -0.0287 e. The van der Waals surface area contributed by atoms with Crippen molar-refractivity contribution in [1.82, 2.24) is 0 Å². The Morgan fingerprint density at radius 2 is 1.33 bits per heavy atom. The van der Waals surface area contributed by atoms with Crippen molar-refractivity contribution in [1.29, 1.82) is 0 Å². The van der Waals surface area contributed by atoms with Crippen molar-refractivity contribution in [2.24, 2.45) is 22.2 Å². The van der Waals surface area contributed by atoms with Gasteiger partial charge in [-0.15, -0.1) is 0 Å². The third-order valence-corrected chi connectivity index (χ3v) is 4.98. The van der Waals surface area contributed by atoms with Crippen molar-refractivity contribution >= 4 is 0 Å². The van der Waals surface area contributed by atoms with E-state index >= 15 is 0 Å². The molecule has 12 heavy (non-hydrogen) atoms. The van der Waals surface area contributed by atoms with Crippen LogP contribution in [0.4, 0.5) is 0 Å². The highest BCUT2D eigenvalue weighted by Crippen LogP contribution is 2.74. The number of hydrogen-bond acceptors (Lipinski definition) is 0. The van der Waals surface area contributed by atoms with Gasteiger partial charge in [-0.25, -0.2) is 0 Å². The first-order valence-corrected chi connectivity index (χ1v) is 5.43. The van der Waals surface area contributed by atoms with E-state index < -0.39 is 0 Å². The van der Waals surface area contributed by atoms with Gasteiger partial charge in [0, 0.05) is 0 Å². The van der Waals surface area contributed by atoms with Crippen molar-refractivity contribution in [3.05, 3.63) is 0 Å². The number of hydrogen-bond donors (Lipinski definition) is 0. The van der Waals surface area contributed by atoms with E-state index in [1.807, 2.05) is 0 Å². The first kappa shape index (κ1) is 7.41. The monoisotopic (exact) mass is 164 g/mol. The molecule has 0 amide bonds. The molecule has 0 nitrogen and oxygen atoms in total. The second-order valence-corrected chi connectivity index (χ2v) is 6.91. The van der Waals surface area contributed by atoms with Crippen LogP contribution in [0.1, 0.15) is 52.9 Å². The summed E-state index contributed by atoms with van der Waals surface area (Å²) in [5.41, 5.74) is 2.23. The Kier molecular flexibility index (Phi) is 1.00. The summed E-state index contributed by atoms with van der Waals surface area (Å²) < 4.78 is 0. The van der Waals surface area contributed by atoms with Gasteiger partial charge < -0.3 is 0 Å². The van der Waals surface area contributed by atoms with Gasteiger partial charge in [-0.3, -0.25) is 0 Å². The lowest BCUT2D eigenvalue weighted by molar-refractivity contribution is 0.0727. The van der Waals surface area contributed by atoms with Crippen LogP contribution in [-0.2, 0) is 0 Å². The second-order valence-electron chi connectivity index (χ2n) is 6.91. The van der Waals surface area contributed by atoms with Gasteiger partial charge >= 0.3 is 0 Å². The Labute approximate surface area is 75.7 Å². The quantitative estimate of drug-likeness (QED) is 0.513. The fourth-order valence-electron chi connectivity index (χ4n) is 5.50. The summed E-state index contributed by atoms with van der Waals surface area (Å²) in [4.78, 5) is 0. The Hall–Kier alpha value is 0. The van der Waals surface area contributed by atoms with Crippen molar-refractivity contribution in [3.8, 4) is 0 Å². The van der Waals surface area contributed by atoms with Gasteiger partial charge in [0.1, 0.15) is 0 Å². The molecule has 68 valence electrons. The van der Waals surface area contributed by atoms with E-state index in [9.17, 15) is 0 Å². The highest BCUT2D eigenvalue weighted by Gasteiger charge is 2.63. The largest absolute Gasteiger partial charge is 0.0596 e. The maximum atomic E-state index is 2.55. The molecule has 0 heterocycles. The molecule has 0 aromatic heterocycles. The normalized spacial score (nSPS) is 67.8. The van der Waals surface area contributed by atoms with Crippen molar-refractivity contribution in [2.75, 3.05) is 0 Å². The SMILES string of the molecule is CC12CC3CC(C)(C1)CC3(C)C2. The predicted molar refractivity (Wildman–Crippen MR) is 50.9 cm³/mol. The van der Waals surface area contributed by atoms with E-state index in [1.165, 1.54) is 19.3 Å². The highest BCUT2D eigenvalue weighted by atomic mass is 14.7. The van der Waals surface area contributed by atoms with Gasteiger partial charge in [0.15, 0.2) is 0 Å². The fourth-order valence-corrected chi connectivity index (χ4v) is 5.50. The first-order chi connectivity index (χ1) is 5.43. The zero-order chi connectivity index (χ0) is 8.61. The van der Waals surface area contributed by atoms with Crippen LogP contribution in [0.3, 0.4) is 0 Å². The zero-order valence-corrected chi connectivity index (χ0v) is 8.61. The summed E-state index contributed by atoms with van der Waals surface area (Å²) >= 11 is 0. The summed E-state index contributed by atoms with van der Waals surface area (Å²) in [5, 5.41) is 0. The van der Waals surface area contributed by atoms with Crippen LogP contribution in [-0.4, -0.2) is 0 Å². The molecule has 0 spiro atoms. The van der Waals surface area contributed by atoms with Gasteiger partial charge in [0.2, 0.25) is 0 Å². The smallest absolute Gasteiger partial charge is 0.0287 e. The van der Waals surface area contributed by atoms with E-state index in [4.69, 9.17) is 0 Å². The molecule has 0 N–H and O–H groups in total. The molecule has 0 aromatic carbocycles. The molecule has 0 radical (unpaired) electrons. The molecular weight excluding hydrogens is 144 g/mol. The lowest BCUT2D eigenvalue weighted by Crippen LogP contribution is -2.32. The second kappa shape index (κ2) is 1.63. The lowest BCUT2D eigenvalue weighted by Gasteiger charge is -2.43. The molecule has 0 aromatic rings. The van der Waals surface area contributed by atoms with Crippen molar-refractivity contribution in [2.45, 2.75) is 52.9 Å². The van der Waals surface area contributed by atoms with Crippen LogP contribution >= 0.6 is 0 Å². The van der Waals surface area contributed by atoms with Crippen LogP contribution in [0, 0.1) is 22.2 Å². The Balaban J connectivity index is 2.08. The van der Waals surface area contributed by atoms with E-state index in [0.29, 0.717) is 0 Å². The molecule has 4 rings (SSSR count). The highest BCUT2D eigenvalue weighted by molar-refractivity contribution is 5.14. The summed E-state index contributed by atoms with van der Waals surface area (Å²) in [6.45, 7) is 7.61. The molecule has 4 saturated carbocycles. The van der Waals surface area contributed by atoms with Gasteiger partial charge in [-0.2, -0.15) is 0 Å². The number of rotatable bonds is 0. The summed E-state index contributed by atoms with van der Waals surface area (Å²) in [6.07, 6.45) is 7.66.